The molecule has 0 aromatic carbocycles. The normalized spacial score (nSPS) is 18.5. The van der Waals surface area contributed by atoms with E-state index in [1.54, 1.807) is 17.0 Å². The van der Waals surface area contributed by atoms with E-state index in [4.69, 9.17) is 20.5 Å². The first-order valence-electron chi connectivity index (χ1n) is 7.93. The third-order valence-electron chi connectivity index (χ3n) is 4.44. The minimum Gasteiger partial charge on any atom is -0.461 e. The zero-order valence-corrected chi connectivity index (χ0v) is 14.3. The van der Waals surface area contributed by atoms with Gasteiger partial charge in [0.2, 0.25) is 11.7 Å². The van der Waals surface area contributed by atoms with Crippen LogP contribution in [0, 0.1) is 6.92 Å². The van der Waals surface area contributed by atoms with Crippen LogP contribution < -0.4 is 0 Å². The molecule has 3 aromatic heterocycles. The lowest BCUT2D eigenvalue weighted by atomic mass is 10.1. The molecule has 126 valence electrons. The molecule has 0 amide bonds. The van der Waals surface area contributed by atoms with Gasteiger partial charge in [-0.3, -0.25) is 9.58 Å². The summed E-state index contributed by atoms with van der Waals surface area (Å²) in [5, 5.41) is 9.12. The van der Waals surface area contributed by atoms with Crippen molar-refractivity contribution < 1.29 is 8.94 Å². The van der Waals surface area contributed by atoms with E-state index in [9.17, 15) is 0 Å². The molecule has 0 N–H and O–H groups in total. The molecule has 4 rings (SSSR count). The molecule has 0 bridgehead atoms. The molecular formula is C16H18ClN5O2. The number of nitrogens with zero attached hydrogens (tertiary/aromatic N) is 5. The Labute approximate surface area is 144 Å². The predicted octanol–water partition coefficient (Wildman–Crippen LogP) is 3.36. The molecule has 3 aromatic rings. The van der Waals surface area contributed by atoms with Crippen molar-refractivity contribution in [1.82, 2.24) is 24.8 Å². The van der Waals surface area contributed by atoms with Gasteiger partial charge in [0, 0.05) is 18.7 Å². The topological polar surface area (TPSA) is 73.1 Å². The van der Waals surface area contributed by atoms with Crippen molar-refractivity contribution in [2.45, 2.75) is 32.4 Å². The van der Waals surface area contributed by atoms with Crippen molar-refractivity contribution in [2.75, 3.05) is 6.54 Å². The highest BCUT2D eigenvalue weighted by Gasteiger charge is 2.32. The van der Waals surface area contributed by atoms with Gasteiger partial charge in [0.1, 0.15) is 5.15 Å². The molecular weight excluding hydrogens is 330 g/mol. The van der Waals surface area contributed by atoms with Crippen LogP contribution in [0.1, 0.15) is 36.0 Å². The molecule has 4 heterocycles. The fourth-order valence-corrected chi connectivity index (χ4v) is 3.67. The van der Waals surface area contributed by atoms with Crippen molar-refractivity contribution in [3.05, 3.63) is 40.7 Å². The minimum absolute atomic E-state index is 0.227. The van der Waals surface area contributed by atoms with Crippen molar-refractivity contribution in [3.8, 4) is 11.6 Å². The van der Waals surface area contributed by atoms with Gasteiger partial charge in [0.15, 0.2) is 5.76 Å². The third kappa shape index (κ3) is 2.63. The van der Waals surface area contributed by atoms with Crippen LogP contribution >= 0.6 is 11.6 Å². The molecule has 0 unspecified atom stereocenters. The van der Waals surface area contributed by atoms with Crippen LogP contribution in [0.2, 0.25) is 5.15 Å². The summed E-state index contributed by atoms with van der Waals surface area (Å²) in [5.74, 6) is 1.65. The molecule has 24 heavy (non-hydrogen) atoms. The summed E-state index contributed by atoms with van der Waals surface area (Å²) in [7, 11) is 1.87. The van der Waals surface area contributed by atoms with Crippen molar-refractivity contribution in [2.24, 2.45) is 7.05 Å². The molecule has 7 nitrogen and oxygen atoms in total. The maximum atomic E-state index is 6.44. The molecule has 0 saturated carbocycles. The van der Waals surface area contributed by atoms with E-state index in [1.807, 2.05) is 20.0 Å². The SMILES string of the molecule is Cc1nn(C)c(Cl)c1[C@@H]1CCCN1Cc1nc(-c2ccco2)no1. The average Bonchev–Trinajstić information content (AvgIpc) is 3.30. The van der Waals surface area contributed by atoms with Crippen molar-refractivity contribution >= 4 is 11.6 Å². The second-order valence-electron chi connectivity index (χ2n) is 6.03. The fraction of sp³-hybridized carbons (Fsp3) is 0.438. The summed E-state index contributed by atoms with van der Waals surface area (Å²) in [5.41, 5.74) is 2.07. The predicted molar refractivity (Wildman–Crippen MR) is 87.3 cm³/mol. The van der Waals surface area contributed by atoms with Gasteiger partial charge >= 0.3 is 0 Å². The van der Waals surface area contributed by atoms with Gasteiger partial charge < -0.3 is 8.94 Å². The Hall–Kier alpha value is -2.12. The van der Waals surface area contributed by atoms with Gasteiger partial charge in [-0.15, -0.1) is 0 Å². The number of aromatic nitrogens is 4. The number of aryl methyl sites for hydroxylation is 2. The maximum absolute atomic E-state index is 6.44. The zero-order valence-electron chi connectivity index (χ0n) is 13.6. The number of hydrogen-bond acceptors (Lipinski definition) is 6. The van der Waals surface area contributed by atoms with Crippen LogP contribution in [0.15, 0.2) is 27.3 Å². The Morgan fingerprint density at radius 3 is 3.00 bits per heavy atom. The molecule has 0 spiro atoms. The molecule has 1 fully saturated rings. The first-order valence-corrected chi connectivity index (χ1v) is 8.31. The molecule has 0 radical (unpaired) electrons. The van der Waals surface area contributed by atoms with Gasteiger partial charge in [0.05, 0.1) is 18.5 Å². The zero-order chi connectivity index (χ0) is 16.7. The van der Waals surface area contributed by atoms with Crippen LogP contribution in [0.3, 0.4) is 0 Å². The van der Waals surface area contributed by atoms with Crippen LogP contribution in [0.25, 0.3) is 11.6 Å². The van der Waals surface area contributed by atoms with Crippen LogP contribution in [-0.2, 0) is 13.6 Å². The molecule has 1 aliphatic heterocycles. The van der Waals surface area contributed by atoms with Crippen molar-refractivity contribution in [3.63, 3.8) is 0 Å². The molecule has 1 aliphatic rings. The maximum Gasteiger partial charge on any atom is 0.241 e. The molecule has 8 heteroatoms. The lowest BCUT2D eigenvalue weighted by molar-refractivity contribution is 0.212. The van der Waals surface area contributed by atoms with E-state index in [-0.39, 0.29) is 6.04 Å². The van der Waals surface area contributed by atoms with E-state index in [0.29, 0.717) is 29.2 Å². The first kappa shape index (κ1) is 15.4. The highest BCUT2D eigenvalue weighted by molar-refractivity contribution is 6.30. The first-order chi connectivity index (χ1) is 11.6. The minimum atomic E-state index is 0.227. The van der Waals surface area contributed by atoms with Gasteiger partial charge in [-0.25, -0.2) is 0 Å². The summed E-state index contributed by atoms with van der Waals surface area (Å²) >= 11 is 6.44. The van der Waals surface area contributed by atoms with Crippen LogP contribution in [0.5, 0.6) is 0 Å². The van der Waals surface area contributed by atoms with E-state index >= 15 is 0 Å². The number of furan rings is 1. The quantitative estimate of drug-likeness (QED) is 0.720. The lowest BCUT2D eigenvalue weighted by Gasteiger charge is -2.22. The number of hydrogen-bond donors (Lipinski definition) is 0. The summed E-state index contributed by atoms with van der Waals surface area (Å²) < 4.78 is 12.4. The lowest BCUT2D eigenvalue weighted by Crippen LogP contribution is -2.23. The van der Waals surface area contributed by atoms with Crippen LogP contribution in [0.4, 0.5) is 0 Å². The second kappa shape index (κ2) is 6.07. The van der Waals surface area contributed by atoms with E-state index in [0.717, 1.165) is 30.6 Å². The van der Waals surface area contributed by atoms with E-state index < -0.39 is 0 Å². The highest BCUT2D eigenvalue weighted by atomic mass is 35.5. The highest BCUT2D eigenvalue weighted by Crippen LogP contribution is 2.38. The smallest absolute Gasteiger partial charge is 0.241 e. The number of likely N-dealkylation sites (tertiary alicyclic amines) is 1. The molecule has 0 aliphatic carbocycles. The summed E-state index contributed by atoms with van der Waals surface area (Å²) in [6.45, 7) is 3.55. The summed E-state index contributed by atoms with van der Waals surface area (Å²) in [6.07, 6.45) is 3.75. The Morgan fingerprint density at radius 1 is 1.42 bits per heavy atom. The van der Waals surface area contributed by atoms with Gasteiger partial charge in [0.25, 0.3) is 0 Å². The van der Waals surface area contributed by atoms with Crippen molar-refractivity contribution in [1.29, 1.82) is 0 Å². The largest absolute Gasteiger partial charge is 0.461 e. The van der Waals surface area contributed by atoms with Gasteiger partial charge in [-0.05, 0) is 38.4 Å². The average molecular weight is 348 g/mol. The Morgan fingerprint density at radius 2 is 2.29 bits per heavy atom. The van der Waals surface area contributed by atoms with E-state index in [1.165, 1.54) is 0 Å². The van der Waals surface area contributed by atoms with Gasteiger partial charge in [-0.1, -0.05) is 16.8 Å². The Kier molecular flexibility index (Phi) is 3.90. The molecule has 1 saturated heterocycles. The standard InChI is InChI=1S/C16H18ClN5O2/c1-10-14(15(17)21(2)19-10)11-5-3-7-22(11)9-13-18-16(20-24-13)12-6-4-8-23-12/h4,6,8,11H,3,5,7,9H2,1-2H3/t11-/m0/s1. The summed E-state index contributed by atoms with van der Waals surface area (Å²) in [6, 6.07) is 3.84. The van der Waals surface area contributed by atoms with Crippen LogP contribution in [-0.4, -0.2) is 31.4 Å². The van der Waals surface area contributed by atoms with Gasteiger partial charge in [-0.2, -0.15) is 10.1 Å². The molecule has 1 atom stereocenters. The third-order valence-corrected chi connectivity index (χ3v) is 4.89. The number of halogens is 1. The second-order valence-corrected chi connectivity index (χ2v) is 6.39. The Bertz CT molecular complexity index is 839. The monoisotopic (exact) mass is 347 g/mol. The summed E-state index contributed by atoms with van der Waals surface area (Å²) in [4.78, 5) is 6.74. The number of rotatable bonds is 4. The van der Waals surface area contributed by atoms with E-state index in [2.05, 4.69) is 20.1 Å². The fourth-order valence-electron chi connectivity index (χ4n) is 3.37. The Balaban J connectivity index is 1.56.